The molecule has 0 aliphatic heterocycles. The average molecular weight is 290 g/mol. The first-order valence-electron chi connectivity index (χ1n) is 9.46. The highest BCUT2D eigenvalue weighted by Crippen LogP contribution is 2.66. The Morgan fingerprint density at radius 2 is 1.52 bits per heavy atom. The average Bonchev–Trinajstić information content (AvgIpc) is 2.82. The largest absolute Gasteiger partial charge is 0.313 e. The lowest BCUT2D eigenvalue weighted by atomic mass is 9.43. The second kappa shape index (κ2) is 4.47. The van der Waals surface area contributed by atoms with Crippen molar-refractivity contribution < 1.29 is 0 Å². The van der Waals surface area contributed by atoms with Gasteiger partial charge in [-0.3, -0.25) is 0 Å². The van der Waals surface area contributed by atoms with Crippen molar-refractivity contribution in [3.05, 3.63) is 0 Å². The summed E-state index contributed by atoms with van der Waals surface area (Å²) >= 11 is 0. The summed E-state index contributed by atoms with van der Waals surface area (Å²) in [5.74, 6) is 3.46. The van der Waals surface area contributed by atoms with Crippen LogP contribution in [0, 0.1) is 34.5 Å². The van der Waals surface area contributed by atoms with E-state index >= 15 is 0 Å². The third kappa shape index (κ3) is 1.78. The molecule has 4 N–H and O–H groups in total. The Bertz CT molecular complexity index is 431. The van der Waals surface area contributed by atoms with Gasteiger partial charge in [-0.05, 0) is 86.9 Å². The molecule has 21 heavy (non-hydrogen) atoms. The van der Waals surface area contributed by atoms with Gasteiger partial charge in [0.15, 0.2) is 0 Å². The summed E-state index contributed by atoms with van der Waals surface area (Å²) in [6.45, 7) is 5.06. The van der Waals surface area contributed by atoms with Crippen molar-refractivity contribution in [2.75, 3.05) is 0 Å². The molecule has 0 saturated heterocycles. The van der Waals surface area contributed by atoms with E-state index in [1.807, 2.05) is 0 Å². The molecule has 2 heteroatoms. The highest BCUT2D eigenvalue weighted by molar-refractivity contribution is 5.13. The van der Waals surface area contributed by atoms with Crippen LogP contribution in [0.3, 0.4) is 0 Å². The van der Waals surface area contributed by atoms with Gasteiger partial charge in [-0.25, -0.2) is 0 Å². The fraction of sp³-hybridized carbons (Fsp3) is 1.00. The Kier molecular flexibility index (Phi) is 3.09. The molecule has 4 aliphatic carbocycles. The zero-order valence-corrected chi connectivity index (χ0v) is 14.0. The second-order valence-corrected chi connectivity index (χ2v) is 9.45. The summed E-state index contributed by atoms with van der Waals surface area (Å²) in [6, 6.07) is 0. The molecule has 0 bridgehead atoms. The van der Waals surface area contributed by atoms with Gasteiger partial charge in [0, 0.05) is 5.41 Å². The number of rotatable bonds is 0. The number of fused-ring (bicyclic) bond motifs is 5. The molecule has 4 saturated carbocycles. The van der Waals surface area contributed by atoms with E-state index in [1.54, 1.807) is 0 Å². The van der Waals surface area contributed by atoms with Gasteiger partial charge in [0.25, 0.3) is 0 Å². The zero-order valence-electron chi connectivity index (χ0n) is 14.0. The number of hydrogen-bond acceptors (Lipinski definition) is 2. The topological polar surface area (TPSA) is 52.0 Å². The van der Waals surface area contributed by atoms with Crippen molar-refractivity contribution in [1.29, 1.82) is 0 Å². The number of hydrogen-bond donors (Lipinski definition) is 2. The van der Waals surface area contributed by atoms with E-state index in [2.05, 4.69) is 13.8 Å². The standard InChI is InChI=1S/C19H34N2/c1-17-10-4-6-15(17)14-8-7-13-5-3-11-19(20,21)18(13,2)16(14)9-12-17/h13-16H,3-12,20-21H2,1-2H3/t13?,14-,15-,16-,17-,18-/m0/s1. The monoisotopic (exact) mass is 290 g/mol. The lowest BCUT2D eigenvalue weighted by molar-refractivity contribution is -0.140. The van der Waals surface area contributed by atoms with Crippen LogP contribution in [-0.4, -0.2) is 5.66 Å². The molecule has 0 heterocycles. The molecule has 0 aromatic carbocycles. The first-order valence-corrected chi connectivity index (χ1v) is 9.46. The maximum Gasteiger partial charge on any atom is 0.0697 e. The highest BCUT2D eigenvalue weighted by Gasteiger charge is 2.62. The van der Waals surface area contributed by atoms with Crippen molar-refractivity contribution in [1.82, 2.24) is 0 Å². The van der Waals surface area contributed by atoms with Crippen LogP contribution < -0.4 is 11.5 Å². The second-order valence-electron chi connectivity index (χ2n) is 9.45. The maximum atomic E-state index is 6.72. The lowest BCUT2D eigenvalue weighted by Gasteiger charge is -2.64. The van der Waals surface area contributed by atoms with Gasteiger partial charge in [0.05, 0.1) is 5.66 Å². The summed E-state index contributed by atoms with van der Waals surface area (Å²) in [6.07, 6.45) is 13.7. The van der Waals surface area contributed by atoms with Gasteiger partial charge in [0.1, 0.15) is 0 Å². The van der Waals surface area contributed by atoms with Crippen molar-refractivity contribution >= 4 is 0 Å². The maximum absolute atomic E-state index is 6.72. The summed E-state index contributed by atoms with van der Waals surface area (Å²) in [7, 11) is 0. The zero-order chi connectivity index (χ0) is 14.9. The quantitative estimate of drug-likeness (QED) is 0.662. The van der Waals surface area contributed by atoms with Gasteiger partial charge >= 0.3 is 0 Å². The minimum atomic E-state index is -0.425. The first kappa shape index (κ1) is 14.5. The van der Waals surface area contributed by atoms with E-state index in [0.717, 1.165) is 30.1 Å². The smallest absolute Gasteiger partial charge is 0.0697 e. The van der Waals surface area contributed by atoms with E-state index in [1.165, 1.54) is 57.8 Å². The Balaban J connectivity index is 1.71. The van der Waals surface area contributed by atoms with Crippen molar-refractivity contribution in [3.8, 4) is 0 Å². The van der Waals surface area contributed by atoms with E-state index in [4.69, 9.17) is 11.5 Å². The SMILES string of the molecule is C[C@@]12CCC[C@H]1[C@@H]1CCC3CCCC(N)(N)[C@]3(C)[C@H]1CC2. The van der Waals surface area contributed by atoms with Crippen LogP contribution in [0.15, 0.2) is 0 Å². The van der Waals surface area contributed by atoms with Gasteiger partial charge in [-0.15, -0.1) is 0 Å². The third-order valence-corrected chi connectivity index (χ3v) is 8.83. The van der Waals surface area contributed by atoms with E-state index < -0.39 is 5.66 Å². The van der Waals surface area contributed by atoms with Crippen LogP contribution in [0.5, 0.6) is 0 Å². The molecule has 120 valence electrons. The van der Waals surface area contributed by atoms with Crippen molar-refractivity contribution in [2.45, 2.75) is 83.7 Å². The van der Waals surface area contributed by atoms with Crippen LogP contribution in [0.2, 0.25) is 0 Å². The molecule has 2 nitrogen and oxygen atoms in total. The van der Waals surface area contributed by atoms with Crippen LogP contribution in [-0.2, 0) is 0 Å². The first-order chi connectivity index (χ1) is 9.88. The van der Waals surface area contributed by atoms with Crippen LogP contribution in [0.1, 0.15) is 78.1 Å². The minimum Gasteiger partial charge on any atom is -0.313 e. The van der Waals surface area contributed by atoms with Crippen LogP contribution in [0.25, 0.3) is 0 Å². The Hall–Kier alpha value is -0.0800. The molecule has 0 aromatic heterocycles. The van der Waals surface area contributed by atoms with Crippen molar-refractivity contribution in [2.24, 2.45) is 46.0 Å². The molecule has 4 fully saturated rings. The fourth-order valence-corrected chi connectivity index (χ4v) is 7.50. The van der Waals surface area contributed by atoms with E-state index in [9.17, 15) is 0 Å². The molecule has 4 rings (SSSR count). The Morgan fingerprint density at radius 3 is 2.33 bits per heavy atom. The third-order valence-electron chi connectivity index (χ3n) is 8.83. The number of nitrogens with two attached hydrogens (primary N) is 2. The molecule has 0 aromatic rings. The van der Waals surface area contributed by atoms with E-state index in [-0.39, 0.29) is 5.41 Å². The molecule has 1 unspecified atom stereocenters. The molecular formula is C19H34N2. The fourth-order valence-electron chi connectivity index (χ4n) is 7.50. The van der Waals surface area contributed by atoms with Gasteiger partial charge in [0.2, 0.25) is 0 Å². The molecule has 6 atom stereocenters. The molecule has 0 spiro atoms. The highest BCUT2D eigenvalue weighted by atomic mass is 15.0. The van der Waals surface area contributed by atoms with Crippen LogP contribution in [0.4, 0.5) is 0 Å². The van der Waals surface area contributed by atoms with Gasteiger partial charge in [-0.1, -0.05) is 20.3 Å². The summed E-state index contributed by atoms with van der Waals surface area (Å²) in [5, 5.41) is 0. The predicted molar refractivity (Wildman–Crippen MR) is 87.4 cm³/mol. The minimum absolute atomic E-state index is 0.193. The van der Waals surface area contributed by atoms with Gasteiger partial charge < -0.3 is 11.5 Å². The molecule has 0 amide bonds. The molecular weight excluding hydrogens is 256 g/mol. The molecule has 0 radical (unpaired) electrons. The summed E-state index contributed by atoms with van der Waals surface area (Å²) < 4.78 is 0. The Morgan fingerprint density at radius 1 is 0.762 bits per heavy atom. The van der Waals surface area contributed by atoms with Crippen molar-refractivity contribution in [3.63, 3.8) is 0 Å². The predicted octanol–water partition coefficient (Wildman–Crippen LogP) is 4.03. The van der Waals surface area contributed by atoms with Crippen LogP contribution >= 0.6 is 0 Å². The lowest BCUT2D eigenvalue weighted by Crippen LogP contribution is -2.71. The van der Waals surface area contributed by atoms with E-state index in [0.29, 0.717) is 5.41 Å². The normalized spacial score (nSPS) is 55.4. The molecule has 4 aliphatic rings. The Labute approximate surface area is 130 Å². The van der Waals surface area contributed by atoms with Gasteiger partial charge in [-0.2, -0.15) is 0 Å². The summed E-state index contributed by atoms with van der Waals surface area (Å²) in [4.78, 5) is 0. The summed E-state index contributed by atoms with van der Waals surface area (Å²) in [5.41, 5.74) is 13.9.